The van der Waals surface area contributed by atoms with Crippen LogP contribution in [0.15, 0.2) is 82.8 Å². The fourth-order valence-electron chi connectivity index (χ4n) is 17.2. The normalized spacial score (nSPS) is 39.0. The van der Waals surface area contributed by atoms with Gasteiger partial charge in [0.25, 0.3) is 16.7 Å². The van der Waals surface area contributed by atoms with Crippen LogP contribution in [0.3, 0.4) is 0 Å². The Hall–Kier alpha value is -9.04. The molecule has 0 aliphatic carbocycles. The molecule has 0 amide bonds. The van der Waals surface area contributed by atoms with E-state index < -0.39 is 246 Å². The number of hydrogen-bond acceptors (Lipinski definition) is 48. The minimum atomic E-state index is -5.16. The van der Waals surface area contributed by atoms with Gasteiger partial charge in [0, 0.05) is 18.6 Å². The van der Waals surface area contributed by atoms with Crippen LogP contribution in [-0.2, 0) is 141 Å². The highest BCUT2D eigenvalue weighted by Gasteiger charge is 2.69. The van der Waals surface area contributed by atoms with E-state index in [0.717, 1.165) is 37.4 Å². The number of imidazole rings is 5. The number of phosphoric acid groups is 3. The molecule has 11 aliphatic heterocycles. The van der Waals surface area contributed by atoms with E-state index in [2.05, 4.69) is 80.1 Å². The first-order chi connectivity index (χ1) is 65.0. The number of aromatic amines is 3. The molecular weight excluding hydrogens is 2030 g/mol. The van der Waals surface area contributed by atoms with Crippen LogP contribution < -0.4 is 51.1 Å². The molecule has 30 atom stereocenters. The first-order valence-corrected chi connectivity index (χ1v) is 52.2. The van der Waals surface area contributed by atoms with Crippen LogP contribution in [0.25, 0.3) is 67.0 Å². The lowest BCUT2D eigenvalue weighted by Crippen LogP contribution is -2.45. The summed E-state index contributed by atoms with van der Waals surface area (Å²) in [4.78, 5) is 155. The maximum Gasteiger partial charge on any atom is 0.472 e. The van der Waals surface area contributed by atoms with Gasteiger partial charge in [0.1, 0.15) is 95.5 Å². The van der Waals surface area contributed by atoms with Crippen LogP contribution in [0, 0.1) is 0 Å². The molecule has 11 fully saturated rings. The number of alkyl halides is 4. The van der Waals surface area contributed by atoms with Crippen molar-refractivity contribution in [3.05, 3.63) is 99.5 Å². The van der Waals surface area contributed by atoms with E-state index in [1.54, 1.807) is 12.1 Å². The molecule has 0 aromatic carbocycles. The van der Waals surface area contributed by atoms with Gasteiger partial charge in [-0.1, -0.05) is 5.21 Å². The Morgan fingerprint density at radius 1 is 0.372 bits per heavy atom. The molecule has 23 heterocycles. The molecule has 10 bridgehead atoms. The molecule has 0 spiro atoms. The molecule has 0 saturated carbocycles. The second kappa shape index (κ2) is 34.7. The summed E-state index contributed by atoms with van der Waals surface area (Å²) < 4.78 is 223. The van der Waals surface area contributed by atoms with Crippen LogP contribution >= 0.6 is 43.6 Å². The molecular formula is C64H70F4N28O32P6S3. The lowest BCUT2D eigenvalue weighted by Gasteiger charge is -2.33. The van der Waals surface area contributed by atoms with Crippen LogP contribution in [0.2, 0.25) is 0 Å². The summed E-state index contributed by atoms with van der Waals surface area (Å²) in [5.41, 5.74) is 31.4. The molecule has 137 heavy (non-hydrogen) atoms. The maximum atomic E-state index is 15.9. The Morgan fingerprint density at radius 2 is 0.708 bits per heavy atom. The molecule has 0 radical (unpaired) electrons. The molecule has 12 aromatic rings. The summed E-state index contributed by atoms with van der Waals surface area (Å²) in [7, 11) is -15.1. The van der Waals surface area contributed by atoms with Crippen molar-refractivity contribution >= 4 is 181 Å². The predicted octanol–water partition coefficient (Wildman–Crippen LogP) is -0.740. The van der Waals surface area contributed by atoms with Gasteiger partial charge in [-0.15, -0.1) is 5.10 Å². The fraction of sp³-hybridized carbons (Fsp3) is 0.500. The minimum Gasteiger partial charge on any atom is -0.397 e. The highest BCUT2D eigenvalue weighted by atomic mass is 32.5. The van der Waals surface area contributed by atoms with Crippen LogP contribution in [-0.4, -0.2) is 299 Å². The number of pyridine rings is 3. The maximum absolute atomic E-state index is 15.9. The van der Waals surface area contributed by atoms with Crippen molar-refractivity contribution < 1.29 is 153 Å². The van der Waals surface area contributed by atoms with Gasteiger partial charge in [-0.25, -0.2) is 71.1 Å². The average molecular weight is 2100 g/mol. The van der Waals surface area contributed by atoms with Gasteiger partial charge in [-0.2, -0.15) is 19.6 Å². The molecule has 11 saturated heterocycles. The molecule has 12 aromatic heterocycles. The van der Waals surface area contributed by atoms with Gasteiger partial charge >= 0.3 is 43.6 Å². The van der Waals surface area contributed by atoms with E-state index in [4.69, 9.17) is 162 Å². The standard InChI is InChI=1S/2C22H24FN9O11P2S.C20H22F2N10O10P2S/c2*23-10-9-3-38-44(34,35)43-15-14-20(31-6-27-11-8(24)1-2-26-16(11)31)41-22(15,4-37-14)5-39-45(36,46)42-13(10)19(40-9)32-7-28-12-17(32)29-21(25)30-18(12)33;21-9-7-3-37-43(34,35)41-13-8(40-18(10(13)22)32-15-11(29-30-32)6(23)1-2-25-15)4-38-44(36,45)42-14(9)19(39-7)31-5-26-12-16(31)27-20(24)28-17(12)33/h2*1-2,6-7,9-10,13-15,19-20H,3-5H2,(H2,24,26)(H,34,35)(H,36,46)(H3,25,29,30,33);1-2,5,7-10,13-14,18-19H,3-4H2,(H2,23,25)(H,34,35)(H,36,45)(H3,24,27,28,33)/t2*9-,10+,13-,14-,15+,19-,20-,22-,45?;7-,8-,9-,10+,13-,14-,18-,19-,44?/m111/s1. The molecule has 23 rings (SSSR count). The van der Waals surface area contributed by atoms with E-state index in [1.807, 2.05) is 0 Å². The first-order valence-electron chi connectivity index (χ1n) is 40.0. The predicted molar refractivity (Wildman–Crippen MR) is 456 cm³/mol. The third-order valence-corrected chi connectivity index (χ3v) is 31.0. The van der Waals surface area contributed by atoms with Gasteiger partial charge < -0.3 is 115 Å². The van der Waals surface area contributed by atoms with Crippen molar-refractivity contribution in [1.82, 2.24) is 108 Å². The zero-order chi connectivity index (χ0) is 96.2. The van der Waals surface area contributed by atoms with Gasteiger partial charge in [0.2, 0.25) is 17.8 Å². The van der Waals surface area contributed by atoms with Crippen molar-refractivity contribution in [1.29, 1.82) is 0 Å². The summed E-state index contributed by atoms with van der Waals surface area (Å²) in [5.74, 6) is -0.802. The first kappa shape index (κ1) is 94.2. The number of hydrogen-bond donors (Lipinski definition) is 15. The zero-order valence-corrected chi connectivity index (χ0v) is 76.2. The summed E-state index contributed by atoms with van der Waals surface area (Å²) in [6.45, 7) is -18.0. The topological polar surface area (TPSA) is 809 Å². The molecule has 73 heteroatoms. The highest BCUT2D eigenvalue weighted by molar-refractivity contribution is 8.07. The number of aromatic nitrogens is 22. The number of ether oxygens (including phenoxy) is 8. The van der Waals surface area contributed by atoms with Gasteiger partial charge in [-0.05, 0) is 53.6 Å². The molecule has 734 valence electrons. The number of nitrogens with one attached hydrogen (secondary N) is 3. The molecule has 60 nitrogen and oxygen atoms in total. The van der Waals surface area contributed by atoms with Crippen LogP contribution in [0.5, 0.6) is 0 Å². The number of nitrogens with two attached hydrogens (primary N) is 6. The summed E-state index contributed by atoms with van der Waals surface area (Å²) in [6.07, 6.45) is -24.2. The molecule has 11 aliphatic rings. The number of halogens is 4. The lowest BCUT2D eigenvalue weighted by molar-refractivity contribution is -0.183. The van der Waals surface area contributed by atoms with Gasteiger partial charge in [0.15, 0.2) is 118 Å². The van der Waals surface area contributed by atoms with Crippen LogP contribution in [0.1, 0.15) is 37.4 Å². The van der Waals surface area contributed by atoms with Crippen molar-refractivity contribution in [2.24, 2.45) is 0 Å². The lowest BCUT2D eigenvalue weighted by atomic mass is 10.0. The second-order valence-corrected chi connectivity index (χ2v) is 44.6. The van der Waals surface area contributed by atoms with Gasteiger partial charge in [0.05, 0.1) is 102 Å². The number of nitrogen functional groups attached to an aromatic ring is 6. The second-order valence-electron chi connectivity index (χ2n) is 32.0. The number of fused-ring (bicyclic) bond motifs is 13. The van der Waals surface area contributed by atoms with Crippen molar-refractivity contribution in [3.8, 4) is 0 Å². The molecule has 6 unspecified atom stereocenters. The van der Waals surface area contributed by atoms with E-state index in [9.17, 15) is 57.4 Å². The Bertz CT molecular complexity index is 7060. The van der Waals surface area contributed by atoms with E-state index in [-0.39, 0.29) is 81.4 Å². The monoisotopic (exact) mass is 2100 g/mol. The van der Waals surface area contributed by atoms with Crippen molar-refractivity contribution in [3.63, 3.8) is 0 Å². The molecule has 21 N–H and O–H groups in total. The number of anilines is 6. The largest absolute Gasteiger partial charge is 0.472 e. The Morgan fingerprint density at radius 3 is 1.10 bits per heavy atom. The fourth-order valence-corrected chi connectivity index (χ4v) is 24.4. The van der Waals surface area contributed by atoms with Crippen LogP contribution in [0.4, 0.5) is 52.5 Å². The Balaban J connectivity index is 0.000000123. The number of nitrogens with zero attached hydrogens (tertiary/aromatic N) is 19. The van der Waals surface area contributed by atoms with E-state index in [1.165, 1.54) is 46.4 Å². The number of phosphoric ester groups is 3. The third-order valence-electron chi connectivity index (χ3n) is 23.4. The van der Waals surface area contributed by atoms with E-state index >= 15 is 17.6 Å². The summed E-state index contributed by atoms with van der Waals surface area (Å²) >= 11 is 15.7. The zero-order valence-electron chi connectivity index (χ0n) is 68.4. The average Bonchev–Trinajstić information content (AvgIpc) is 1.56. The summed E-state index contributed by atoms with van der Waals surface area (Å²) in [6, 6.07) is 4.59. The van der Waals surface area contributed by atoms with Crippen molar-refractivity contribution in [2.45, 2.75) is 147 Å². The van der Waals surface area contributed by atoms with E-state index in [0.29, 0.717) is 33.7 Å². The van der Waals surface area contributed by atoms with Gasteiger partial charge in [-0.3, -0.25) is 92.9 Å². The number of rotatable bonds is 6. The smallest absolute Gasteiger partial charge is 0.397 e. The highest BCUT2D eigenvalue weighted by Crippen LogP contribution is 2.63. The minimum absolute atomic E-state index is 0.0374. The Labute approximate surface area is 770 Å². The number of H-pyrrole nitrogens is 3. The SMILES string of the molecule is Nc1nc2c(ncn2[C@@H]2O[C@@H]3COP(=O)(O)O[C@H]4[C@H](F)[C@H](n5nnc6c(N)ccnc65)O[C@@H]4COP(O)(=S)O[C@@H]2[C@@H]3F)c(=O)[nH]1.Nc1nc2c(ncn2[C@@H]2O[C@@H]3COP(=O)(O)O[C@H]4[C@H]5OC[C@]4(COP(O)(=S)O[C@@H]2[C@H]3F)O[C@H]5n2cnc3c(N)ccnc32)c(=O)[nH]1.Nc1nc2c(ncn2[C@@H]2O[C@@H]3COP(=O)(O)O[C@H]4[C@H]5OC[C@]4(COP(O)(=S)O[C@@H]2[C@H]3F)O[C@H]5n2cnc3c(N)ccnc32)c(=O)[nH]1. The van der Waals surface area contributed by atoms with Crippen molar-refractivity contribution in [2.75, 3.05) is 87.3 Å². The third kappa shape index (κ3) is 17.1. The Kier molecular flexibility index (Phi) is 23.9. The summed E-state index contributed by atoms with van der Waals surface area (Å²) in [5, 5.41) is 7.73. The quantitative estimate of drug-likeness (QED) is 0.0720.